The second kappa shape index (κ2) is 5.65. The summed E-state index contributed by atoms with van der Waals surface area (Å²) in [5.41, 5.74) is 9.75. The van der Waals surface area contributed by atoms with Gasteiger partial charge in [0.1, 0.15) is 11.5 Å². The van der Waals surface area contributed by atoms with Crippen molar-refractivity contribution >= 4 is 11.3 Å². The fraction of sp³-hybridized carbons (Fsp3) is 0.462. The molecule has 0 atom stereocenters. The van der Waals surface area contributed by atoms with E-state index in [2.05, 4.69) is 23.0 Å². The lowest BCUT2D eigenvalue weighted by Crippen LogP contribution is -2.16. The molecule has 98 valence electrons. The fourth-order valence-electron chi connectivity index (χ4n) is 1.92. The molecule has 5 heteroatoms. The van der Waals surface area contributed by atoms with E-state index in [0.717, 1.165) is 35.9 Å². The Morgan fingerprint density at radius 1 is 1.39 bits per heavy atom. The standard InChI is InChI=1S/C13H19N3OS/c1-9-4-11(17-12(9)5-14)6-16(3)7-13-10(2)15-8-18-13/h4,8H,5-7,14H2,1-3H3. The minimum atomic E-state index is 0.462. The highest BCUT2D eigenvalue weighted by atomic mass is 32.1. The van der Waals surface area contributed by atoms with E-state index in [0.29, 0.717) is 6.54 Å². The zero-order valence-electron chi connectivity index (χ0n) is 11.1. The first-order valence-corrected chi connectivity index (χ1v) is 6.84. The number of furan rings is 1. The summed E-state index contributed by atoms with van der Waals surface area (Å²) in [7, 11) is 2.08. The van der Waals surface area contributed by atoms with E-state index in [9.17, 15) is 0 Å². The average Bonchev–Trinajstić information content (AvgIpc) is 2.86. The monoisotopic (exact) mass is 265 g/mol. The number of aromatic nitrogens is 1. The Labute approximate surface area is 111 Å². The van der Waals surface area contributed by atoms with E-state index in [-0.39, 0.29) is 0 Å². The summed E-state index contributed by atoms with van der Waals surface area (Å²) < 4.78 is 5.70. The number of rotatable bonds is 5. The van der Waals surface area contributed by atoms with Crippen LogP contribution in [0.25, 0.3) is 0 Å². The first kappa shape index (κ1) is 13.3. The topological polar surface area (TPSA) is 55.3 Å². The molecule has 18 heavy (non-hydrogen) atoms. The van der Waals surface area contributed by atoms with Gasteiger partial charge in [0.15, 0.2) is 0 Å². The van der Waals surface area contributed by atoms with E-state index in [1.807, 2.05) is 19.4 Å². The third-order valence-electron chi connectivity index (χ3n) is 2.94. The van der Waals surface area contributed by atoms with Crippen LogP contribution in [0.1, 0.15) is 27.7 Å². The van der Waals surface area contributed by atoms with Crippen molar-refractivity contribution < 1.29 is 4.42 Å². The molecule has 0 saturated heterocycles. The molecular weight excluding hydrogens is 246 g/mol. The Kier molecular flexibility index (Phi) is 4.16. The molecule has 2 aromatic heterocycles. The third-order valence-corrected chi connectivity index (χ3v) is 3.86. The van der Waals surface area contributed by atoms with Gasteiger partial charge >= 0.3 is 0 Å². The van der Waals surface area contributed by atoms with E-state index >= 15 is 0 Å². The summed E-state index contributed by atoms with van der Waals surface area (Å²) in [6, 6.07) is 2.07. The summed E-state index contributed by atoms with van der Waals surface area (Å²) in [6.07, 6.45) is 0. The highest BCUT2D eigenvalue weighted by Crippen LogP contribution is 2.18. The van der Waals surface area contributed by atoms with Crippen molar-refractivity contribution in [1.82, 2.24) is 9.88 Å². The zero-order valence-corrected chi connectivity index (χ0v) is 11.9. The Balaban J connectivity index is 1.98. The zero-order chi connectivity index (χ0) is 13.1. The summed E-state index contributed by atoms with van der Waals surface area (Å²) >= 11 is 1.70. The molecule has 0 aliphatic heterocycles. The molecule has 2 aromatic rings. The van der Waals surface area contributed by atoms with Gasteiger partial charge in [0, 0.05) is 11.4 Å². The van der Waals surface area contributed by atoms with Gasteiger partial charge in [0.2, 0.25) is 0 Å². The normalized spacial score (nSPS) is 11.4. The van der Waals surface area contributed by atoms with Crippen molar-refractivity contribution in [1.29, 1.82) is 0 Å². The Hall–Kier alpha value is -1.17. The van der Waals surface area contributed by atoms with Crippen LogP contribution in [-0.2, 0) is 19.6 Å². The van der Waals surface area contributed by atoms with E-state index < -0.39 is 0 Å². The van der Waals surface area contributed by atoms with Gasteiger partial charge in [-0.1, -0.05) is 0 Å². The molecule has 0 aliphatic carbocycles. The van der Waals surface area contributed by atoms with E-state index in [1.54, 1.807) is 11.3 Å². The number of thiazole rings is 1. The first-order chi connectivity index (χ1) is 8.60. The van der Waals surface area contributed by atoms with Crippen LogP contribution in [0.2, 0.25) is 0 Å². The minimum absolute atomic E-state index is 0.462. The number of hydrogen-bond acceptors (Lipinski definition) is 5. The Morgan fingerprint density at radius 2 is 2.17 bits per heavy atom. The van der Waals surface area contributed by atoms with Crippen molar-refractivity contribution in [3.05, 3.63) is 39.2 Å². The predicted octanol–water partition coefficient (Wildman–Crippen LogP) is 2.44. The average molecular weight is 265 g/mol. The number of nitrogens with zero attached hydrogens (tertiary/aromatic N) is 2. The quantitative estimate of drug-likeness (QED) is 0.902. The van der Waals surface area contributed by atoms with Crippen LogP contribution in [0, 0.1) is 13.8 Å². The highest BCUT2D eigenvalue weighted by Gasteiger charge is 2.10. The van der Waals surface area contributed by atoms with Crippen LogP contribution in [0.15, 0.2) is 16.0 Å². The molecule has 0 amide bonds. The van der Waals surface area contributed by atoms with Crippen LogP contribution in [0.4, 0.5) is 0 Å². The maximum absolute atomic E-state index is 5.70. The van der Waals surface area contributed by atoms with Crippen molar-refractivity contribution in [2.75, 3.05) is 7.05 Å². The maximum Gasteiger partial charge on any atom is 0.120 e. The molecule has 4 nitrogen and oxygen atoms in total. The molecule has 0 aromatic carbocycles. The summed E-state index contributed by atoms with van der Waals surface area (Å²) in [6.45, 7) is 6.22. The lowest BCUT2D eigenvalue weighted by molar-refractivity contribution is 0.285. The molecule has 0 aliphatic rings. The smallest absolute Gasteiger partial charge is 0.120 e. The number of nitrogens with two attached hydrogens (primary N) is 1. The van der Waals surface area contributed by atoms with Gasteiger partial charge < -0.3 is 10.2 Å². The van der Waals surface area contributed by atoms with Crippen molar-refractivity contribution in [3.63, 3.8) is 0 Å². The Morgan fingerprint density at radius 3 is 2.72 bits per heavy atom. The highest BCUT2D eigenvalue weighted by molar-refractivity contribution is 7.09. The summed E-state index contributed by atoms with van der Waals surface area (Å²) in [5, 5.41) is 0. The van der Waals surface area contributed by atoms with Crippen molar-refractivity contribution in [2.45, 2.75) is 33.5 Å². The van der Waals surface area contributed by atoms with Gasteiger partial charge in [-0.2, -0.15) is 0 Å². The number of hydrogen-bond donors (Lipinski definition) is 1. The third kappa shape index (κ3) is 2.98. The molecule has 0 spiro atoms. The van der Waals surface area contributed by atoms with Gasteiger partial charge in [0.25, 0.3) is 0 Å². The SMILES string of the molecule is Cc1cc(CN(C)Cc2scnc2C)oc1CN. The first-order valence-electron chi connectivity index (χ1n) is 5.96. The van der Waals surface area contributed by atoms with Crippen LogP contribution in [0.5, 0.6) is 0 Å². The van der Waals surface area contributed by atoms with Crippen LogP contribution in [0.3, 0.4) is 0 Å². The molecule has 0 saturated carbocycles. The molecule has 0 bridgehead atoms. The molecule has 0 fully saturated rings. The van der Waals surface area contributed by atoms with Gasteiger partial charge in [-0.05, 0) is 32.5 Å². The van der Waals surface area contributed by atoms with Crippen LogP contribution < -0.4 is 5.73 Å². The van der Waals surface area contributed by atoms with Gasteiger partial charge in [-0.25, -0.2) is 4.98 Å². The van der Waals surface area contributed by atoms with Crippen LogP contribution in [-0.4, -0.2) is 16.9 Å². The molecule has 0 unspecified atom stereocenters. The summed E-state index contributed by atoms with van der Waals surface area (Å²) in [5.74, 6) is 1.85. The molecule has 0 radical (unpaired) electrons. The molecule has 2 heterocycles. The molecule has 2 rings (SSSR count). The van der Waals surface area contributed by atoms with E-state index in [1.165, 1.54) is 4.88 Å². The Bertz CT molecular complexity index is 518. The largest absolute Gasteiger partial charge is 0.463 e. The van der Waals surface area contributed by atoms with Crippen LogP contribution >= 0.6 is 11.3 Å². The predicted molar refractivity (Wildman–Crippen MR) is 73.4 cm³/mol. The van der Waals surface area contributed by atoms with Crippen molar-refractivity contribution in [3.8, 4) is 0 Å². The van der Waals surface area contributed by atoms with E-state index in [4.69, 9.17) is 10.2 Å². The summed E-state index contributed by atoms with van der Waals surface area (Å²) in [4.78, 5) is 7.79. The van der Waals surface area contributed by atoms with Gasteiger partial charge in [0.05, 0.1) is 24.3 Å². The lowest BCUT2D eigenvalue weighted by atomic mass is 10.2. The number of aryl methyl sites for hydroxylation is 2. The lowest BCUT2D eigenvalue weighted by Gasteiger charge is -2.14. The van der Waals surface area contributed by atoms with Gasteiger partial charge in [-0.15, -0.1) is 11.3 Å². The maximum atomic E-state index is 5.70. The van der Waals surface area contributed by atoms with Crippen molar-refractivity contribution in [2.24, 2.45) is 5.73 Å². The fourth-order valence-corrected chi connectivity index (χ4v) is 2.77. The minimum Gasteiger partial charge on any atom is -0.463 e. The second-order valence-electron chi connectivity index (χ2n) is 4.56. The second-order valence-corrected chi connectivity index (χ2v) is 5.50. The molecule has 2 N–H and O–H groups in total. The van der Waals surface area contributed by atoms with Gasteiger partial charge in [-0.3, -0.25) is 4.90 Å². The molecular formula is C13H19N3OS.